The van der Waals surface area contributed by atoms with Gasteiger partial charge in [-0.05, 0) is 24.1 Å². The third-order valence-electron chi connectivity index (χ3n) is 6.60. The van der Waals surface area contributed by atoms with Gasteiger partial charge in [-0.2, -0.15) is 0 Å². The van der Waals surface area contributed by atoms with Crippen LogP contribution in [-0.4, -0.2) is 99.1 Å². The number of piperazine rings is 1. The van der Waals surface area contributed by atoms with Gasteiger partial charge >= 0.3 is 30.9 Å². The molecule has 2 unspecified atom stereocenters. The lowest BCUT2D eigenvalue weighted by Gasteiger charge is -2.34. The van der Waals surface area contributed by atoms with Crippen molar-refractivity contribution in [3.63, 3.8) is 0 Å². The number of para-hydroxylation sites is 1. The fourth-order valence-corrected chi connectivity index (χ4v) is 4.77. The molecule has 8 N–H and O–H groups in total. The maximum atomic E-state index is 13.5. The van der Waals surface area contributed by atoms with E-state index in [1.165, 1.54) is 17.0 Å². The van der Waals surface area contributed by atoms with Gasteiger partial charge in [0.05, 0.1) is 16.5 Å². The van der Waals surface area contributed by atoms with Crippen molar-refractivity contribution in [2.75, 3.05) is 26.2 Å². The van der Waals surface area contributed by atoms with Crippen molar-refractivity contribution >= 4 is 48.4 Å². The summed E-state index contributed by atoms with van der Waals surface area (Å²) in [6, 6.07) is 3.65. The van der Waals surface area contributed by atoms with E-state index in [9.17, 15) is 44.3 Å². The number of aromatic hydroxyl groups is 2. The van der Waals surface area contributed by atoms with Crippen LogP contribution >= 0.6 is 11.6 Å². The number of nitrogens with zero attached hydrogens (tertiary/aromatic N) is 2. The first-order valence-corrected chi connectivity index (χ1v) is 12.6. The van der Waals surface area contributed by atoms with E-state index in [0.29, 0.717) is 10.5 Å². The molecule has 2 aromatic rings. The zero-order valence-electron chi connectivity index (χ0n) is 21.2. The minimum Gasteiger partial charge on any atom is -0.534 e. The summed E-state index contributed by atoms with van der Waals surface area (Å²) < 4.78 is 5.38. The van der Waals surface area contributed by atoms with E-state index >= 15 is 0 Å². The highest BCUT2D eigenvalue weighted by Gasteiger charge is 2.41. The minimum atomic E-state index is -1.70. The number of aromatic carboxylic acids is 1. The summed E-state index contributed by atoms with van der Waals surface area (Å²) in [5.74, 6) is -6.95. The van der Waals surface area contributed by atoms with Gasteiger partial charge in [-0.1, -0.05) is 29.8 Å². The maximum absolute atomic E-state index is 13.5. The van der Waals surface area contributed by atoms with Gasteiger partial charge in [0.25, 0.3) is 0 Å². The zero-order valence-corrected chi connectivity index (χ0v) is 22.0. The lowest BCUT2D eigenvalue weighted by molar-refractivity contribution is -0.153. The predicted octanol–water partition coefficient (Wildman–Crippen LogP) is -1.03. The molecule has 2 aliphatic rings. The van der Waals surface area contributed by atoms with Crippen molar-refractivity contribution in [2.45, 2.75) is 18.4 Å². The highest BCUT2D eigenvalue weighted by atomic mass is 35.5. The molecule has 1 saturated heterocycles. The van der Waals surface area contributed by atoms with Crippen LogP contribution in [0.4, 0.5) is 4.79 Å². The van der Waals surface area contributed by atoms with Crippen LogP contribution < -0.4 is 21.0 Å². The number of carboxylic acids is 1. The number of amides is 5. The van der Waals surface area contributed by atoms with Crippen molar-refractivity contribution in [3.8, 4) is 17.2 Å². The van der Waals surface area contributed by atoms with Gasteiger partial charge in [-0.25, -0.2) is 9.59 Å². The number of halogens is 1. The van der Waals surface area contributed by atoms with Gasteiger partial charge < -0.3 is 46.3 Å². The summed E-state index contributed by atoms with van der Waals surface area (Å²) in [5.41, 5.74) is 5.45. The average molecular weight is 590 g/mol. The number of imide groups is 1. The summed E-state index contributed by atoms with van der Waals surface area (Å²) in [5, 5.41) is 44.2. The molecule has 0 aliphatic carbocycles. The van der Waals surface area contributed by atoms with E-state index in [1.807, 2.05) is 0 Å². The molecule has 2 atom stereocenters. The predicted molar refractivity (Wildman–Crippen MR) is 141 cm³/mol. The summed E-state index contributed by atoms with van der Waals surface area (Å²) in [6.07, 6.45) is -0.0608. The molecule has 2 heterocycles. The molecular formula is C24H25BClN5O10. The molecule has 0 aromatic heterocycles. The Balaban J connectivity index is 1.60. The molecule has 5 amide bonds. The van der Waals surface area contributed by atoms with Crippen molar-refractivity contribution in [1.29, 1.82) is 0 Å². The third kappa shape index (κ3) is 5.84. The fraction of sp³-hybridized carbons (Fsp3) is 0.292. The van der Waals surface area contributed by atoms with Crippen LogP contribution in [0.5, 0.6) is 17.2 Å². The van der Waals surface area contributed by atoms with Crippen LogP contribution in [0.15, 0.2) is 30.3 Å². The van der Waals surface area contributed by atoms with Gasteiger partial charge in [0, 0.05) is 31.7 Å². The molecule has 0 saturated carbocycles. The standard InChI is InChI=1S/C24H25BClN5O10/c26-16-12(4-5-14(32)18(16)33)17(29-24(39)31-9-8-30(7-6-27)21(35)22(31)36)20(34)28-15-10-11-2-1-3-13(23(37)38)19(11)41-25(15)40/h1-5,15,17,32-33,40H,6-10,27H2,(H,28,34)(H,29,39)(H,37,38). The van der Waals surface area contributed by atoms with E-state index in [-0.39, 0.29) is 49.5 Å². The Morgan fingerprint density at radius 3 is 2.56 bits per heavy atom. The van der Waals surface area contributed by atoms with Crippen molar-refractivity contribution in [2.24, 2.45) is 5.73 Å². The smallest absolute Gasteiger partial charge is 0.534 e. The lowest BCUT2D eigenvalue weighted by Crippen LogP contribution is -2.60. The molecule has 0 radical (unpaired) electrons. The normalized spacial score (nSPS) is 17.4. The van der Waals surface area contributed by atoms with Crippen molar-refractivity contribution in [3.05, 3.63) is 52.0 Å². The summed E-state index contributed by atoms with van der Waals surface area (Å²) >= 11 is 6.17. The molecule has 0 spiro atoms. The number of phenolic OH excluding ortho intramolecular Hbond substituents is 2. The Bertz CT molecular complexity index is 1430. The monoisotopic (exact) mass is 589 g/mol. The molecule has 1 fully saturated rings. The van der Waals surface area contributed by atoms with E-state index in [1.54, 1.807) is 6.07 Å². The number of phenols is 2. The van der Waals surface area contributed by atoms with E-state index < -0.39 is 65.3 Å². The van der Waals surface area contributed by atoms with Crippen LogP contribution in [0.25, 0.3) is 0 Å². The van der Waals surface area contributed by atoms with Crippen LogP contribution in [0.1, 0.15) is 27.5 Å². The molecule has 216 valence electrons. The molecule has 41 heavy (non-hydrogen) atoms. The maximum Gasteiger partial charge on any atom is 0.547 e. The van der Waals surface area contributed by atoms with Gasteiger partial charge in [0.15, 0.2) is 11.5 Å². The van der Waals surface area contributed by atoms with Crippen LogP contribution in [-0.2, 0) is 20.8 Å². The number of nitrogens with two attached hydrogens (primary N) is 1. The topological polar surface area (TPSA) is 232 Å². The first kappa shape index (κ1) is 29.4. The number of benzene rings is 2. The van der Waals surface area contributed by atoms with Gasteiger partial charge in [0.1, 0.15) is 11.8 Å². The largest absolute Gasteiger partial charge is 0.547 e. The van der Waals surface area contributed by atoms with Gasteiger partial charge in [0.2, 0.25) is 5.91 Å². The van der Waals surface area contributed by atoms with E-state index in [0.717, 1.165) is 12.1 Å². The van der Waals surface area contributed by atoms with Crippen LogP contribution in [0.2, 0.25) is 5.02 Å². The first-order valence-electron chi connectivity index (χ1n) is 12.3. The zero-order chi connectivity index (χ0) is 30.0. The Morgan fingerprint density at radius 2 is 1.88 bits per heavy atom. The Morgan fingerprint density at radius 1 is 1.15 bits per heavy atom. The van der Waals surface area contributed by atoms with Crippen LogP contribution in [0.3, 0.4) is 0 Å². The second-order valence-corrected chi connectivity index (χ2v) is 9.56. The second-order valence-electron chi connectivity index (χ2n) is 9.18. The molecule has 15 nitrogen and oxygen atoms in total. The molecular weight excluding hydrogens is 565 g/mol. The quantitative estimate of drug-likeness (QED) is 0.117. The third-order valence-corrected chi connectivity index (χ3v) is 6.99. The van der Waals surface area contributed by atoms with E-state index in [2.05, 4.69) is 10.6 Å². The average Bonchev–Trinajstić information content (AvgIpc) is 2.93. The molecule has 4 rings (SSSR count). The van der Waals surface area contributed by atoms with Crippen LogP contribution in [0, 0.1) is 0 Å². The number of urea groups is 1. The Kier molecular flexibility index (Phi) is 8.56. The minimum absolute atomic E-state index is 0.0101. The number of carbonyl (C=O) groups is 5. The second kappa shape index (κ2) is 11.9. The number of hydrogen-bond acceptors (Lipinski definition) is 10. The SMILES string of the molecule is NCCN1CCN(C(=O)NC(C(=O)NC2Cc3cccc(C(=O)O)c3OB2O)c2ccc(O)c(O)c2Cl)C(=O)C1=O. The number of fused-ring (bicyclic) bond motifs is 1. The van der Waals surface area contributed by atoms with E-state index in [4.69, 9.17) is 22.0 Å². The fourth-order valence-electron chi connectivity index (χ4n) is 4.50. The Labute approximate surface area is 237 Å². The Hall–Kier alpha value is -4.54. The summed E-state index contributed by atoms with van der Waals surface area (Å²) in [4.78, 5) is 64.9. The first-order chi connectivity index (χ1) is 19.4. The molecule has 17 heteroatoms. The lowest BCUT2D eigenvalue weighted by atomic mass is 9.72. The summed E-state index contributed by atoms with van der Waals surface area (Å²) in [6.45, 7) is 0.0266. The number of carbonyl (C=O) groups excluding carboxylic acids is 4. The molecule has 2 aromatic carbocycles. The highest BCUT2D eigenvalue weighted by Crippen LogP contribution is 2.38. The van der Waals surface area contributed by atoms with Crippen molar-refractivity contribution in [1.82, 2.24) is 20.4 Å². The highest BCUT2D eigenvalue weighted by molar-refractivity contribution is 6.47. The molecule has 0 bridgehead atoms. The van der Waals surface area contributed by atoms with Crippen molar-refractivity contribution < 1.29 is 49.0 Å². The number of rotatable bonds is 7. The number of carboxylic acid groups (broad SMARTS) is 1. The number of nitrogens with one attached hydrogen (secondary N) is 2. The number of hydrogen-bond donors (Lipinski definition) is 7. The summed E-state index contributed by atoms with van der Waals surface area (Å²) in [7, 11) is -1.69. The molecule has 2 aliphatic heterocycles. The van der Waals surface area contributed by atoms with Gasteiger partial charge in [-0.15, -0.1) is 0 Å². The van der Waals surface area contributed by atoms with Gasteiger partial charge in [-0.3, -0.25) is 19.3 Å².